The molecule has 1 aromatic heterocycles. The molecule has 0 unspecified atom stereocenters. The van der Waals surface area contributed by atoms with Crippen LogP contribution < -0.4 is 14.8 Å². The van der Waals surface area contributed by atoms with E-state index in [0.29, 0.717) is 6.07 Å². The number of halogens is 6. The Balaban J connectivity index is 1.98. The van der Waals surface area contributed by atoms with Crippen LogP contribution in [0.5, 0.6) is 17.4 Å². The molecule has 2 aromatic carbocycles. The normalized spacial score (nSPS) is 11.9. The number of sulfone groups is 1. The van der Waals surface area contributed by atoms with E-state index in [1.54, 1.807) is 0 Å². The van der Waals surface area contributed by atoms with E-state index in [4.69, 9.17) is 16.3 Å². The molecule has 15 heteroatoms. The van der Waals surface area contributed by atoms with Crippen molar-refractivity contribution < 1.29 is 44.6 Å². The van der Waals surface area contributed by atoms with Crippen molar-refractivity contribution in [2.24, 2.45) is 0 Å². The van der Waals surface area contributed by atoms with Crippen LogP contribution in [0.1, 0.15) is 16.1 Å². The highest BCUT2D eigenvalue weighted by atomic mass is 35.5. The van der Waals surface area contributed by atoms with Gasteiger partial charge in [-0.25, -0.2) is 8.42 Å². The number of alkyl halides is 5. The third kappa shape index (κ3) is 6.76. The van der Waals surface area contributed by atoms with Gasteiger partial charge in [0.25, 0.3) is 11.8 Å². The topological polar surface area (TPSA) is 107 Å². The van der Waals surface area contributed by atoms with Gasteiger partial charge in [-0.15, -0.1) is 10.2 Å². The van der Waals surface area contributed by atoms with Crippen LogP contribution in [0.15, 0.2) is 53.4 Å². The molecule has 0 saturated heterocycles. The molecule has 1 heterocycles. The molecule has 3 aromatic rings. The Kier molecular flexibility index (Phi) is 7.45. The highest BCUT2D eigenvalue weighted by molar-refractivity contribution is 7.90. The van der Waals surface area contributed by atoms with Crippen molar-refractivity contribution in [3.05, 3.63) is 64.8 Å². The van der Waals surface area contributed by atoms with E-state index >= 15 is 0 Å². The number of carbonyl (C=O) groups is 1. The number of rotatable bonds is 7. The van der Waals surface area contributed by atoms with Crippen LogP contribution in [0.3, 0.4) is 0 Å². The number of carbonyl (C=O) groups excluding carboxylic acids is 1. The maximum Gasteiger partial charge on any atom is 0.435 e. The Morgan fingerprint density at radius 2 is 1.80 bits per heavy atom. The first-order valence-electron chi connectivity index (χ1n) is 9.22. The summed E-state index contributed by atoms with van der Waals surface area (Å²) in [6.07, 6.45) is -4.02. The van der Waals surface area contributed by atoms with Crippen molar-refractivity contribution in [2.75, 3.05) is 11.6 Å². The van der Waals surface area contributed by atoms with Gasteiger partial charge in [0.2, 0.25) is 0 Å². The second kappa shape index (κ2) is 10.00. The van der Waals surface area contributed by atoms with Gasteiger partial charge in [-0.05, 0) is 36.4 Å². The Hall–Kier alpha value is -3.52. The Labute approximate surface area is 199 Å². The van der Waals surface area contributed by atoms with Gasteiger partial charge in [0.05, 0.1) is 9.92 Å². The highest BCUT2D eigenvalue weighted by Crippen LogP contribution is 2.35. The minimum Gasteiger partial charge on any atom is -0.435 e. The van der Waals surface area contributed by atoms with Crippen LogP contribution in [0, 0.1) is 0 Å². The number of aromatic nitrogens is 2. The van der Waals surface area contributed by atoms with Crippen molar-refractivity contribution >= 4 is 33.0 Å². The van der Waals surface area contributed by atoms with E-state index in [0.717, 1.165) is 30.5 Å². The first-order chi connectivity index (χ1) is 16.2. The molecule has 1 amide bonds. The molecule has 0 aliphatic heterocycles. The zero-order chi connectivity index (χ0) is 26.0. The average Bonchev–Trinajstić information content (AvgIpc) is 2.74. The van der Waals surface area contributed by atoms with Crippen molar-refractivity contribution in [1.82, 2.24) is 10.2 Å². The van der Waals surface area contributed by atoms with Crippen LogP contribution in [-0.2, 0) is 16.0 Å². The Morgan fingerprint density at radius 3 is 2.40 bits per heavy atom. The lowest BCUT2D eigenvalue weighted by atomic mass is 10.2. The summed E-state index contributed by atoms with van der Waals surface area (Å²) >= 11 is 5.95. The van der Waals surface area contributed by atoms with Gasteiger partial charge in [0.15, 0.2) is 15.5 Å². The van der Waals surface area contributed by atoms with Crippen molar-refractivity contribution in [3.8, 4) is 17.4 Å². The highest BCUT2D eigenvalue weighted by Gasteiger charge is 2.35. The number of amides is 1. The molecular formula is C20H13ClF5N3O5S. The van der Waals surface area contributed by atoms with E-state index < -0.39 is 45.7 Å². The van der Waals surface area contributed by atoms with E-state index in [2.05, 4.69) is 20.3 Å². The van der Waals surface area contributed by atoms with Crippen molar-refractivity contribution in [3.63, 3.8) is 0 Å². The van der Waals surface area contributed by atoms with E-state index in [9.17, 15) is 35.2 Å². The summed E-state index contributed by atoms with van der Waals surface area (Å²) < 4.78 is 97.2. The third-order valence-electron chi connectivity index (χ3n) is 4.15. The second-order valence-corrected chi connectivity index (χ2v) is 9.20. The summed E-state index contributed by atoms with van der Waals surface area (Å²) in [6.45, 7) is -3.13. The fourth-order valence-electron chi connectivity index (χ4n) is 2.60. The standard InChI is InChI=1S/C20H13ClF5N3O5S/c1-35(31,32)12-4-2-3-10(7-12)27-17(30)13-9-16(20(24,25)26)28-29-18(13)34-15-6-5-11(8-14(15)21)33-19(22)23/h2-9,19H,1H3,(H,27,30). The third-order valence-corrected chi connectivity index (χ3v) is 5.56. The molecule has 186 valence electrons. The van der Waals surface area contributed by atoms with Gasteiger partial charge >= 0.3 is 12.8 Å². The maximum absolute atomic E-state index is 13.2. The average molecular weight is 538 g/mol. The summed E-state index contributed by atoms with van der Waals surface area (Å²) in [6, 6.07) is 8.43. The van der Waals surface area contributed by atoms with Gasteiger partial charge in [-0.2, -0.15) is 22.0 Å². The van der Waals surface area contributed by atoms with Gasteiger partial charge in [0.1, 0.15) is 17.1 Å². The summed E-state index contributed by atoms with van der Waals surface area (Å²) in [5, 5.41) is 8.30. The molecule has 0 spiro atoms. The molecule has 3 rings (SSSR count). The molecule has 0 radical (unpaired) electrons. The van der Waals surface area contributed by atoms with Gasteiger partial charge in [-0.1, -0.05) is 17.7 Å². The number of anilines is 1. The molecule has 0 aliphatic carbocycles. The minimum atomic E-state index is -4.96. The molecule has 0 fully saturated rings. The quantitative estimate of drug-likeness (QED) is 0.413. The number of nitrogens with one attached hydrogen (secondary N) is 1. The van der Waals surface area contributed by atoms with E-state index in [-0.39, 0.29) is 27.1 Å². The maximum atomic E-state index is 13.2. The van der Waals surface area contributed by atoms with Crippen LogP contribution >= 0.6 is 11.6 Å². The summed E-state index contributed by atoms with van der Waals surface area (Å²) in [4.78, 5) is 12.7. The molecule has 1 N–H and O–H groups in total. The van der Waals surface area contributed by atoms with Crippen LogP contribution in [-0.4, -0.2) is 37.4 Å². The van der Waals surface area contributed by atoms with Gasteiger partial charge < -0.3 is 14.8 Å². The number of ether oxygens (including phenoxy) is 2. The largest absolute Gasteiger partial charge is 0.435 e. The summed E-state index contributed by atoms with van der Waals surface area (Å²) in [5.41, 5.74) is -2.27. The van der Waals surface area contributed by atoms with E-state index in [1.807, 2.05) is 0 Å². The Bertz CT molecular complexity index is 1370. The zero-order valence-electron chi connectivity index (χ0n) is 17.3. The monoisotopic (exact) mass is 537 g/mol. The molecule has 0 aliphatic rings. The van der Waals surface area contributed by atoms with Crippen molar-refractivity contribution in [1.29, 1.82) is 0 Å². The number of nitrogens with zero attached hydrogens (tertiary/aromatic N) is 2. The Morgan fingerprint density at radius 1 is 1.09 bits per heavy atom. The molecule has 0 atom stereocenters. The van der Waals surface area contributed by atoms with E-state index in [1.165, 1.54) is 18.2 Å². The zero-order valence-corrected chi connectivity index (χ0v) is 18.9. The van der Waals surface area contributed by atoms with Crippen LogP contribution in [0.2, 0.25) is 5.02 Å². The molecule has 0 bridgehead atoms. The smallest absolute Gasteiger partial charge is 0.435 e. The first kappa shape index (κ1) is 26.1. The summed E-state index contributed by atoms with van der Waals surface area (Å²) in [7, 11) is -3.64. The molecule has 35 heavy (non-hydrogen) atoms. The fraction of sp³-hybridized carbons (Fsp3) is 0.150. The predicted octanol–water partition coefficient (Wildman–Crippen LogP) is 5.20. The van der Waals surface area contributed by atoms with Crippen LogP contribution in [0.25, 0.3) is 0 Å². The molecule has 8 nitrogen and oxygen atoms in total. The van der Waals surface area contributed by atoms with Crippen LogP contribution in [0.4, 0.5) is 27.6 Å². The van der Waals surface area contributed by atoms with Crippen molar-refractivity contribution in [2.45, 2.75) is 17.7 Å². The van der Waals surface area contributed by atoms with Gasteiger partial charge in [0, 0.05) is 18.0 Å². The lowest BCUT2D eigenvalue weighted by molar-refractivity contribution is -0.141. The summed E-state index contributed by atoms with van der Waals surface area (Å²) in [5.74, 6) is -2.41. The number of hydrogen-bond donors (Lipinski definition) is 1. The molecule has 0 saturated carbocycles. The fourth-order valence-corrected chi connectivity index (χ4v) is 3.48. The van der Waals surface area contributed by atoms with Gasteiger partial charge in [-0.3, -0.25) is 4.79 Å². The minimum absolute atomic E-state index is 0.0409. The molecular weight excluding hydrogens is 525 g/mol. The predicted molar refractivity (Wildman–Crippen MR) is 113 cm³/mol. The number of hydrogen-bond acceptors (Lipinski definition) is 7. The SMILES string of the molecule is CS(=O)(=O)c1cccc(NC(=O)c2cc(C(F)(F)F)nnc2Oc2ccc(OC(F)F)cc2Cl)c1. The lowest BCUT2D eigenvalue weighted by Gasteiger charge is -2.14. The first-order valence-corrected chi connectivity index (χ1v) is 11.5. The lowest BCUT2D eigenvalue weighted by Crippen LogP contribution is -2.18. The second-order valence-electron chi connectivity index (χ2n) is 6.77. The number of benzene rings is 2.